The molecule has 0 saturated heterocycles. The number of rotatable bonds is 7. The van der Waals surface area contributed by atoms with Crippen LogP contribution in [0.1, 0.15) is 24.9 Å². The summed E-state index contributed by atoms with van der Waals surface area (Å²) in [5, 5.41) is -0.0114. The van der Waals surface area contributed by atoms with E-state index in [0.29, 0.717) is 17.9 Å². The second-order valence-corrected chi connectivity index (χ2v) is 7.69. The molecule has 1 atom stereocenters. The average Bonchev–Trinajstić information content (AvgIpc) is 2.61. The number of hydrogen-bond donors (Lipinski definition) is 1. The molecule has 0 aliphatic rings. The van der Waals surface area contributed by atoms with Crippen molar-refractivity contribution in [3.63, 3.8) is 0 Å². The van der Waals surface area contributed by atoms with Crippen molar-refractivity contribution < 1.29 is 17.9 Å². The van der Waals surface area contributed by atoms with Crippen molar-refractivity contribution in [1.29, 1.82) is 0 Å². The average molecular weight is 404 g/mol. The maximum Gasteiger partial charge on any atom is 0.242 e. The molecule has 0 spiro atoms. The van der Waals surface area contributed by atoms with Crippen molar-refractivity contribution >= 4 is 33.2 Å². The van der Waals surface area contributed by atoms with Crippen LogP contribution in [0, 0.1) is 0 Å². The summed E-state index contributed by atoms with van der Waals surface area (Å²) < 4.78 is 38.3. The molecule has 2 aromatic carbocycles. The summed E-state index contributed by atoms with van der Waals surface area (Å²) in [7, 11) is -0.862. The second kappa shape index (κ2) is 8.27. The van der Waals surface area contributed by atoms with Crippen LogP contribution >= 0.6 is 23.2 Å². The Balaban J connectivity index is 2.34. The first-order valence-electron chi connectivity index (χ1n) is 7.52. The first-order chi connectivity index (χ1) is 11.8. The monoisotopic (exact) mass is 403 g/mol. The normalized spacial score (nSPS) is 12.7. The third-order valence-electron chi connectivity index (χ3n) is 3.74. The molecule has 0 radical (unpaired) electrons. The Labute approximate surface area is 157 Å². The Morgan fingerprint density at radius 2 is 1.64 bits per heavy atom. The van der Waals surface area contributed by atoms with Gasteiger partial charge in [-0.05, 0) is 36.2 Å². The maximum absolute atomic E-state index is 12.8. The van der Waals surface area contributed by atoms with Gasteiger partial charge in [0.25, 0.3) is 0 Å². The maximum atomic E-state index is 12.8. The molecule has 0 aliphatic heterocycles. The van der Waals surface area contributed by atoms with Crippen LogP contribution in [0.15, 0.2) is 41.3 Å². The highest BCUT2D eigenvalue weighted by atomic mass is 35.5. The van der Waals surface area contributed by atoms with Crippen molar-refractivity contribution in [3.05, 3.63) is 52.0 Å². The van der Waals surface area contributed by atoms with Gasteiger partial charge in [0.2, 0.25) is 10.0 Å². The summed E-state index contributed by atoms with van der Waals surface area (Å²) >= 11 is 12.2. The van der Waals surface area contributed by atoms with E-state index in [1.165, 1.54) is 19.2 Å². The second-order valence-electron chi connectivity index (χ2n) is 5.25. The highest BCUT2D eigenvalue weighted by Crippen LogP contribution is 2.37. The molecule has 8 heteroatoms. The van der Waals surface area contributed by atoms with Crippen LogP contribution in [0.3, 0.4) is 0 Å². The van der Waals surface area contributed by atoms with Gasteiger partial charge in [-0.3, -0.25) is 0 Å². The van der Waals surface area contributed by atoms with E-state index in [4.69, 9.17) is 32.7 Å². The lowest BCUT2D eigenvalue weighted by Gasteiger charge is -2.19. The van der Waals surface area contributed by atoms with Crippen LogP contribution in [0.5, 0.6) is 11.5 Å². The highest BCUT2D eigenvalue weighted by Gasteiger charge is 2.25. The van der Waals surface area contributed by atoms with E-state index in [-0.39, 0.29) is 14.9 Å². The van der Waals surface area contributed by atoms with Gasteiger partial charge in [0, 0.05) is 6.04 Å². The molecule has 0 amide bonds. The fourth-order valence-electron chi connectivity index (χ4n) is 2.35. The van der Waals surface area contributed by atoms with Gasteiger partial charge in [-0.25, -0.2) is 13.1 Å². The molecule has 1 N–H and O–H groups in total. The van der Waals surface area contributed by atoms with Gasteiger partial charge in [-0.2, -0.15) is 0 Å². The van der Waals surface area contributed by atoms with Crippen LogP contribution in [-0.4, -0.2) is 22.6 Å². The number of ether oxygens (including phenoxy) is 2. The zero-order valence-electron chi connectivity index (χ0n) is 14.0. The number of halogens is 2. The van der Waals surface area contributed by atoms with E-state index in [9.17, 15) is 8.42 Å². The fourth-order valence-corrected chi connectivity index (χ4v) is 4.50. The molecule has 2 aromatic rings. The van der Waals surface area contributed by atoms with E-state index in [0.717, 1.165) is 5.56 Å². The van der Waals surface area contributed by atoms with E-state index in [1.807, 2.05) is 19.1 Å². The van der Waals surface area contributed by atoms with Crippen molar-refractivity contribution in [2.24, 2.45) is 0 Å². The topological polar surface area (TPSA) is 64.6 Å². The lowest BCUT2D eigenvalue weighted by atomic mass is 10.1. The number of hydrogen-bond acceptors (Lipinski definition) is 4. The molecule has 136 valence electrons. The quantitative estimate of drug-likeness (QED) is 0.741. The lowest BCUT2D eigenvalue weighted by molar-refractivity contribution is 0.414. The summed E-state index contributed by atoms with van der Waals surface area (Å²) in [5.74, 6) is 1.01. The van der Waals surface area contributed by atoms with Crippen LogP contribution < -0.4 is 14.2 Å². The molecule has 0 aliphatic carbocycles. The third kappa shape index (κ3) is 4.39. The molecular weight excluding hydrogens is 385 g/mol. The smallest absolute Gasteiger partial charge is 0.242 e. The molecule has 25 heavy (non-hydrogen) atoms. The van der Waals surface area contributed by atoms with Gasteiger partial charge < -0.3 is 9.47 Å². The minimum atomic E-state index is -3.87. The Bertz CT molecular complexity index is 838. The molecule has 0 fully saturated rings. The zero-order valence-corrected chi connectivity index (χ0v) is 16.4. The van der Waals surface area contributed by atoms with E-state index >= 15 is 0 Å². The molecule has 5 nitrogen and oxygen atoms in total. The first-order valence-corrected chi connectivity index (χ1v) is 9.76. The minimum Gasteiger partial charge on any atom is -0.497 e. The summed E-state index contributed by atoms with van der Waals surface area (Å²) in [5.41, 5.74) is 0.822. The SMILES string of the molecule is CC[C@H](NS(=O)(=O)c1ccc(OC)c(Cl)c1Cl)c1ccc(OC)cc1. The predicted octanol–water partition coefficient (Wildman–Crippen LogP) is 4.44. The Hall–Kier alpha value is -1.47. The Morgan fingerprint density at radius 3 is 2.16 bits per heavy atom. The van der Waals surface area contributed by atoms with Gasteiger partial charge in [-0.15, -0.1) is 0 Å². The summed E-state index contributed by atoms with van der Waals surface area (Å²) in [4.78, 5) is -0.0908. The van der Waals surface area contributed by atoms with Gasteiger partial charge in [0.15, 0.2) is 0 Å². The highest BCUT2D eigenvalue weighted by molar-refractivity contribution is 7.89. The number of methoxy groups -OCH3 is 2. The Morgan fingerprint density at radius 1 is 1.00 bits per heavy atom. The van der Waals surface area contributed by atoms with Gasteiger partial charge in [-0.1, -0.05) is 42.3 Å². The van der Waals surface area contributed by atoms with Gasteiger partial charge >= 0.3 is 0 Å². The molecule has 2 rings (SSSR count). The van der Waals surface area contributed by atoms with Crippen LogP contribution in [0.25, 0.3) is 0 Å². The zero-order chi connectivity index (χ0) is 18.6. The molecule has 0 bridgehead atoms. The van der Waals surface area contributed by atoms with E-state index in [2.05, 4.69) is 4.72 Å². The van der Waals surface area contributed by atoms with Crippen molar-refractivity contribution in [2.45, 2.75) is 24.3 Å². The first kappa shape index (κ1) is 19.8. The van der Waals surface area contributed by atoms with Crippen molar-refractivity contribution in [3.8, 4) is 11.5 Å². The minimum absolute atomic E-state index is 0.0598. The summed E-state index contributed by atoms with van der Waals surface area (Å²) in [6.07, 6.45) is 0.563. The van der Waals surface area contributed by atoms with Crippen LogP contribution in [-0.2, 0) is 10.0 Å². The number of benzene rings is 2. The van der Waals surface area contributed by atoms with E-state index in [1.54, 1.807) is 19.2 Å². The van der Waals surface area contributed by atoms with Gasteiger partial charge in [0.05, 0.1) is 19.2 Å². The summed E-state index contributed by atoms with van der Waals surface area (Å²) in [6, 6.07) is 9.63. The molecule has 0 saturated carbocycles. The summed E-state index contributed by atoms with van der Waals surface area (Å²) in [6.45, 7) is 1.89. The van der Waals surface area contributed by atoms with Gasteiger partial charge in [0.1, 0.15) is 21.4 Å². The van der Waals surface area contributed by atoms with Crippen molar-refractivity contribution in [2.75, 3.05) is 14.2 Å². The Kier molecular flexibility index (Phi) is 6.57. The van der Waals surface area contributed by atoms with Crippen LogP contribution in [0.4, 0.5) is 0 Å². The number of sulfonamides is 1. The molecule has 0 heterocycles. The van der Waals surface area contributed by atoms with Crippen molar-refractivity contribution in [1.82, 2.24) is 4.72 Å². The fraction of sp³-hybridized carbons (Fsp3) is 0.294. The number of nitrogens with one attached hydrogen (secondary N) is 1. The van der Waals surface area contributed by atoms with Crippen LogP contribution in [0.2, 0.25) is 10.0 Å². The molecular formula is C17H19Cl2NO4S. The largest absolute Gasteiger partial charge is 0.497 e. The molecule has 0 aromatic heterocycles. The standard InChI is InChI=1S/C17H19Cl2NO4S/c1-4-13(11-5-7-12(23-2)8-6-11)20-25(21,22)15-10-9-14(24-3)16(18)17(15)19/h5-10,13,20H,4H2,1-3H3/t13-/m0/s1. The third-order valence-corrected chi connectivity index (χ3v) is 6.24. The van der Waals surface area contributed by atoms with E-state index < -0.39 is 16.1 Å². The predicted molar refractivity (Wildman–Crippen MR) is 99.4 cm³/mol. The lowest BCUT2D eigenvalue weighted by Crippen LogP contribution is -2.28. The molecule has 0 unspecified atom stereocenters.